The molecule has 0 radical (unpaired) electrons. The van der Waals surface area contributed by atoms with Gasteiger partial charge in [0, 0.05) is 18.3 Å². The number of carbonyl (C=O) groups is 1. The summed E-state index contributed by atoms with van der Waals surface area (Å²) in [5.74, 6) is 3.44. The van der Waals surface area contributed by atoms with Crippen molar-refractivity contribution in [3.63, 3.8) is 0 Å². The molecule has 4 unspecified atom stereocenters. The molecule has 0 N–H and O–H groups in total. The highest BCUT2D eigenvalue weighted by molar-refractivity contribution is 5.87. The minimum absolute atomic E-state index is 0.0277. The van der Waals surface area contributed by atoms with Crippen LogP contribution in [-0.4, -0.2) is 18.7 Å². The third-order valence-electron chi connectivity index (χ3n) is 7.81. The number of fused-ring (bicyclic) bond motifs is 5. The number of hydrogen-bond acceptors (Lipinski definition) is 3. The lowest BCUT2D eigenvalue weighted by Gasteiger charge is -2.48. The minimum atomic E-state index is -0.0713. The van der Waals surface area contributed by atoms with Gasteiger partial charge in [0.25, 0.3) is 0 Å². The van der Waals surface area contributed by atoms with Crippen molar-refractivity contribution >= 4 is 5.78 Å². The second-order valence-electron chi connectivity index (χ2n) is 9.11. The van der Waals surface area contributed by atoms with E-state index in [1.807, 2.05) is 0 Å². The first-order valence-corrected chi connectivity index (χ1v) is 10.6. The lowest BCUT2D eigenvalue weighted by atomic mass is 9.55. The predicted octanol–water partition coefficient (Wildman–Crippen LogP) is 5.02. The van der Waals surface area contributed by atoms with Gasteiger partial charge in [0.15, 0.2) is 6.29 Å². The van der Waals surface area contributed by atoms with E-state index in [9.17, 15) is 4.79 Å². The summed E-state index contributed by atoms with van der Waals surface area (Å²) < 4.78 is 11.8. The van der Waals surface area contributed by atoms with Gasteiger partial charge in [0.05, 0.1) is 6.61 Å². The van der Waals surface area contributed by atoms with Crippen molar-refractivity contribution in [2.24, 2.45) is 17.3 Å². The van der Waals surface area contributed by atoms with Crippen molar-refractivity contribution in [2.45, 2.75) is 76.9 Å². The highest BCUT2D eigenvalue weighted by Crippen LogP contribution is 2.59. The highest BCUT2D eigenvalue weighted by Gasteiger charge is 2.54. The Labute approximate surface area is 156 Å². The van der Waals surface area contributed by atoms with Crippen molar-refractivity contribution in [3.8, 4) is 5.75 Å². The maximum Gasteiger partial charge on any atom is 0.199 e. The van der Waals surface area contributed by atoms with Crippen molar-refractivity contribution in [1.29, 1.82) is 0 Å². The number of aryl methyl sites for hydroxylation is 1. The molecule has 0 bridgehead atoms. The molecular weight excluding hydrogens is 324 g/mol. The molecule has 1 saturated heterocycles. The van der Waals surface area contributed by atoms with Gasteiger partial charge in [-0.25, -0.2) is 0 Å². The first-order chi connectivity index (χ1) is 12.6. The fraction of sp³-hybridized carbons (Fsp3) is 0.696. The van der Waals surface area contributed by atoms with E-state index in [4.69, 9.17) is 9.47 Å². The molecule has 3 aliphatic carbocycles. The normalized spacial score (nSPS) is 39.0. The van der Waals surface area contributed by atoms with E-state index < -0.39 is 0 Å². The first-order valence-electron chi connectivity index (χ1n) is 10.6. The summed E-state index contributed by atoms with van der Waals surface area (Å²) in [4.78, 5) is 12.5. The van der Waals surface area contributed by atoms with Crippen LogP contribution in [0.5, 0.6) is 5.75 Å². The third-order valence-corrected chi connectivity index (χ3v) is 7.81. The third kappa shape index (κ3) is 2.62. The van der Waals surface area contributed by atoms with Crippen LogP contribution in [0, 0.1) is 17.3 Å². The van der Waals surface area contributed by atoms with Crippen molar-refractivity contribution in [2.75, 3.05) is 6.61 Å². The molecule has 26 heavy (non-hydrogen) atoms. The summed E-state index contributed by atoms with van der Waals surface area (Å²) in [6, 6.07) is 6.72. The molecule has 140 valence electrons. The number of carbonyl (C=O) groups excluding carboxylic acids is 1. The van der Waals surface area contributed by atoms with E-state index >= 15 is 0 Å². The van der Waals surface area contributed by atoms with Crippen LogP contribution in [0.4, 0.5) is 0 Å². The van der Waals surface area contributed by atoms with Crippen molar-refractivity contribution in [3.05, 3.63) is 29.3 Å². The predicted molar refractivity (Wildman–Crippen MR) is 100 cm³/mol. The van der Waals surface area contributed by atoms with Crippen LogP contribution in [0.1, 0.15) is 75.3 Å². The fourth-order valence-electron chi connectivity index (χ4n) is 6.36. The number of rotatable bonds is 2. The fourth-order valence-corrected chi connectivity index (χ4v) is 6.36. The molecule has 3 heteroatoms. The number of ketones is 1. The molecule has 3 fully saturated rings. The Kier molecular flexibility index (Phi) is 4.11. The van der Waals surface area contributed by atoms with E-state index in [-0.39, 0.29) is 11.7 Å². The SMILES string of the molecule is C[C@]12CCC3c4ccc(OC5CCCCO5)cc4CCC3C1CCC2=O. The number of hydrogen-bond donors (Lipinski definition) is 0. The molecule has 1 aromatic rings. The van der Waals surface area contributed by atoms with Gasteiger partial charge in [0.1, 0.15) is 11.5 Å². The molecule has 4 aliphatic rings. The zero-order valence-corrected chi connectivity index (χ0v) is 15.8. The maximum absolute atomic E-state index is 12.5. The van der Waals surface area contributed by atoms with Crippen LogP contribution in [0.2, 0.25) is 0 Å². The summed E-state index contributed by atoms with van der Waals surface area (Å²) in [6.45, 7) is 3.07. The summed E-state index contributed by atoms with van der Waals surface area (Å²) >= 11 is 0. The van der Waals surface area contributed by atoms with E-state index in [2.05, 4.69) is 25.1 Å². The monoisotopic (exact) mass is 354 g/mol. The standard InChI is InChI=1S/C23H30O3/c1-23-12-11-18-17-8-6-16(26-22-4-2-3-13-25-22)14-15(17)5-7-19(18)20(23)9-10-21(23)24/h6,8,14,18-20,22H,2-5,7,9-13H2,1H3/t18?,19?,20?,22?,23-/m0/s1. The smallest absolute Gasteiger partial charge is 0.199 e. The topological polar surface area (TPSA) is 35.5 Å². The van der Waals surface area contributed by atoms with Crippen LogP contribution in [0.3, 0.4) is 0 Å². The number of benzene rings is 1. The van der Waals surface area contributed by atoms with Gasteiger partial charge in [-0.1, -0.05) is 13.0 Å². The number of ether oxygens (including phenoxy) is 2. The maximum atomic E-state index is 12.5. The molecule has 5 atom stereocenters. The van der Waals surface area contributed by atoms with Crippen LogP contribution >= 0.6 is 0 Å². The van der Waals surface area contributed by atoms with Gasteiger partial charge in [-0.3, -0.25) is 4.79 Å². The Morgan fingerprint density at radius 1 is 1.12 bits per heavy atom. The van der Waals surface area contributed by atoms with Crippen LogP contribution in [-0.2, 0) is 16.0 Å². The summed E-state index contributed by atoms with van der Waals surface area (Å²) in [5, 5.41) is 0. The van der Waals surface area contributed by atoms with Gasteiger partial charge in [-0.2, -0.15) is 0 Å². The quantitative estimate of drug-likeness (QED) is 0.748. The Morgan fingerprint density at radius 3 is 2.88 bits per heavy atom. The second kappa shape index (κ2) is 6.37. The van der Waals surface area contributed by atoms with Crippen LogP contribution < -0.4 is 4.74 Å². The van der Waals surface area contributed by atoms with Gasteiger partial charge in [0.2, 0.25) is 0 Å². The lowest BCUT2D eigenvalue weighted by Crippen LogP contribution is -2.42. The molecule has 0 aromatic heterocycles. The van der Waals surface area contributed by atoms with E-state index in [0.29, 0.717) is 23.5 Å². The van der Waals surface area contributed by atoms with E-state index in [1.54, 1.807) is 0 Å². The van der Waals surface area contributed by atoms with Gasteiger partial charge < -0.3 is 9.47 Å². The largest absolute Gasteiger partial charge is 0.465 e. The summed E-state index contributed by atoms with van der Waals surface area (Å²) in [6.07, 6.45) is 9.79. The molecular formula is C23H30O3. The molecule has 2 saturated carbocycles. The molecule has 1 aromatic carbocycles. The Bertz CT molecular complexity index is 705. The van der Waals surface area contributed by atoms with E-state index in [1.165, 1.54) is 30.4 Å². The lowest BCUT2D eigenvalue weighted by molar-refractivity contribution is -0.129. The zero-order valence-electron chi connectivity index (χ0n) is 15.8. The molecule has 0 amide bonds. The van der Waals surface area contributed by atoms with Crippen molar-refractivity contribution < 1.29 is 14.3 Å². The summed E-state index contributed by atoms with van der Waals surface area (Å²) in [5.41, 5.74) is 2.96. The Morgan fingerprint density at radius 2 is 2.04 bits per heavy atom. The molecule has 1 aliphatic heterocycles. The first kappa shape index (κ1) is 16.8. The Hall–Kier alpha value is -1.35. The van der Waals surface area contributed by atoms with Gasteiger partial charge in [-0.15, -0.1) is 0 Å². The highest BCUT2D eigenvalue weighted by atomic mass is 16.7. The number of Topliss-reactive ketones (excluding diaryl/α,β-unsaturated/α-hetero) is 1. The average Bonchev–Trinajstić information content (AvgIpc) is 2.97. The van der Waals surface area contributed by atoms with Crippen molar-refractivity contribution in [1.82, 2.24) is 0 Å². The van der Waals surface area contributed by atoms with Crippen LogP contribution in [0.25, 0.3) is 0 Å². The molecule has 3 nitrogen and oxygen atoms in total. The van der Waals surface area contributed by atoms with E-state index in [0.717, 1.165) is 50.9 Å². The van der Waals surface area contributed by atoms with Crippen LogP contribution in [0.15, 0.2) is 18.2 Å². The Balaban J connectivity index is 1.37. The summed E-state index contributed by atoms with van der Waals surface area (Å²) in [7, 11) is 0. The second-order valence-corrected chi connectivity index (χ2v) is 9.11. The molecule has 0 spiro atoms. The molecule has 5 rings (SSSR count). The molecule has 1 heterocycles. The van der Waals surface area contributed by atoms with Gasteiger partial charge in [-0.05, 0) is 86.0 Å². The average molecular weight is 354 g/mol. The van der Waals surface area contributed by atoms with Gasteiger partial charge >= 0.3 is 0 Å². The minimum Gasteiger partial charge on any atom is -0.465 e. The zero-order chi connectivity index (χ0) is 17.7.